The van der Waals surface area contributed by atoms with Gasteiger partial charge >= 0.3 is 0 Å². The van der Waals surface area contributed by atoms with Crippen molar-refractivity contribution in [1.82, 2.24) is 10.1 Å². The molecule has 22 heavy (non-hydrogen) atoms. The van der Waals surface area contributed by atoms with Gasteiger partial charge in [0, 0.05) is 18.2 Å². The van der Waals surface area contributed by atoms with Crippen molar-refractivity contribution in [3.63, 3.8) is 0 Å². The molecule has 1 atom stereocenters. The highest BCUT2D eigenvalue weighted by molar-refractivity contribution is 5.93. The van der Waals surface area contributed by atoms with Crippen LogP contribution in [-0.4, -0.2) is 28.6 Å². The SMILES string of the molecule is CCCCC1C=CCN1C(=O)c1cc(-c2ccccc2)on1. The Morgan fingerprint density at radius 1 is 1.36 bits per heavy atom. The quantitative estimate of drug-likeness (QED) is 0.786. The summed E-state index contributed by atoms with van der Waals surface area (Å²) in [7, 11) is 0. The fourth-order valence-corrected chi connectivity index (χ4v) is 2.73. The van der Waals surface area contributed by atoms with Crippen LogP contribution in [0.3, 0.4) is 0 Å². The number of rotatable bonds is 5. The average molecular weight is 296 g/mol. The summed E-state index contributed by atoms with van der Waals surface area (Å²) in [6.07, 6.45) is 7.42. The monoisotopic (exact) mass is 296 g/mol. The third-order valence-electron chi connectivity index (χ3n) is 3.96. The van der Waals surface area contributed by atoms with Gasteiger partial charge in [0.05, 0.1) is 6.04 Å². The minimum absolute atomic E-state index is 0.0583. The second-order valence-electron chi connectivity index (χ2n) is 5.54. The molecule has 0 aliphatic carbocycles. The molecule has 0 fully saturated rings. The van der Waals surface area contributed by atoms with E-state index in [1.54, 1.807) is 6.07 Å². The van der Waals surface area contributed by atoms with Crippen LogP contribution < -0.4 is 0 Å². The van der Waals surface area contributed by atoms with Gasteiger partial charge in [0.15, 0.2) is 11.5 Å². The van der Waals surface area contributed by atoms with E-state index in [0.29, 0.717) is 18.0 Å². The average Bonchev–Trinajstić information content (AvgIpc) is 3.22. The van der Waals surface area contributed by atoms with E-state index in [2.05, 4.69) is 24.2 Å². The first kappa shape index (κ1) is 14.6. The molecule has 0 spiro atoms. The topological polar surface area (TPSA) is 46.3 Å². The predicted octanol–water partition coefficient (Wildman–Crippen LogP) is 3.91. The standard InChI is InChI=1S/C18H20N2O2/c1-2-3-10-15-11-7-12-20(15)18(21)16-13-17(22-19-16)14-8-5-4-6-9-14/h4-9,11,13,15H,2-3,10,12H2,1H3. The van der Waals surface area contributed by atoms with E-state index in [-0.39, 0.29) is 11.9 Å². The fraction of sp³-hybridized carbons (Fsp3) is 0.333. The molecule has 3 rings (SSSR count). The van der Waals surface area contributed by atoms with Gasteiger partial charge in [0.2, 0.25) is 0 Å². The Balaban J connectivity index is 1.74. The van der Waals surface area contributed by atoms with Gasteiger partial charge in [-0.25, -0.2) is 0 Å². The van der Waals surface area contributed by atoms with Crippen LogP contribution in [0.5, 0.6) is 0 Å². The third kappa shape index (κ3) is 2.96. The highest BCUT2D eigenvalue weighted by Crippen LogP contribution is 2.23. The van der Waals surface area contributed by atoms with Crippen LogP contribution in [0.25, 0.3) is 11.3 Å². The van der Waals surface area contributed by atoms with Crippen LogP contribution in [0.4, 0.5) is 0 Å². The molecule has 0 saturated carbocycles. The van der Waals surface area contributed by atoms with Gasteiger partial charge < -0.3 is 9.42 Å². The molecule has 2 aromatic rings. The van der Waals surface area contributed by atoms with Crippen molar-refractivity contribution < 1.29 is 9.32 Å². The number of unbranched alkanes of at least 4 members (excludes halogenated alkanes) is 1. The summed E-state index contributed by atoms with van der Waals surface area (Å²) in [6.45, 7) is 2.81. The van der Waals surface area contributed by atoms with Crippen LogP contribution in [-0.2, 0) is 0 Å². The van der Waals surface area contributed by atoms with Gasteiger partial charge in [-0.3, -0.25) is 4.79 Å². The summed E-state index contributed by atoms with van der Waals surface area (Å²) in [5.74, 6) is 0.568. The zero-order valence-electron chi connectivity index (χ0n) is 12.7. The maximum Gasteiger partial charge on any atom is 0.276 e. The molecular weight excluding hydrogens is 276 g/mol. The van der Waals surface area contributed by atoms with Gasteiger partial charge in [-0.2, -0.15) is 0 Å². The van der Waals surface area contributed by atoms with Crippen molar-refractivity contribution in [2.75, 3.05) is 6.54 Å². The summed E-state index contributed by atoms with van der Waals surface area (Å²) < 4.78 is 5.33. The molecule has 1 aliphatic rings. The van der Waals surface area contributed by atoms with Crippen LogP contribution in [0, 0.1) is 0 Å². The van der Waals surface area contributed by atoms with E-state index in [1.807, 2.05) is 35.2 Å². The van der Waals surface area contributed by atoms with Crippen molar-refractivity contribution in [2.45, 2.75) is 32.2 Å². The molecule has 1 aromatic heterocycles. The van der Waals surface area contributed by atoms with Crippen LogP contribution in [0.15, 0.2) is 53.1 Å². The van der Waals surface area contributed by atoms with Crippen molar-refractivity contribution >= 4 is 5.91 Å². The van der Waals surface area contributed by atoms with E-state index < -0.39 is 0 Å². The Hall–Kier alpha value is -2.36. The molecule has 0 bridgehead atoms. The normalized spacial score (nSPS) is 17.1. The molecule has 1 amide bonds. The fourth-order valence-electron chi connectivity index (χ4n) is 2.73. The number of nitrogens with zero attached hydrogens (tertiary/aromatic N) is 2. The predicted molar refractivity (Wildman–Crippen MR) is 85.4 cm³/mol. The number of hydrogen-bond donors (Lipinski definition) is 0. The molecule has 1 aromatic carbocycles. The van der Waals surface area contributed by atoms with Crippen LogP contribution >= 0.6 is 0 Å². The molecule has 1 aliphatic heterocycles. The van der Waals surface area contributed by atoms with Crippen LogP contribution in [0.2, 0.25) is 0 Å². The molecule has 0 saturated heterocycles. The first-order valence-corrected chi connectivity index (χ1v) is 7.79. The van der Waals surface area contributed by atoms with Crippen LogP contribution in [0.1, 0.15) is 36.7 Å². The van der Waals surface area contributed by atoms with Gasteiger partial charge in [-0.05, 0) is 6.42 Å². The largest absolute Gasteiger partial charge is 0.355 e. The van der Waals surface area contributed by atoms with E-state index in [0.717, 1.165) is 24.8 Å². The van der Waals surface area contributed by atoms with Gasteiger partial charge in [0.25, 0.3) is 5.91 Å². The molecule has 0 N–H and O–H groups in total. The third-order valence-corrected chi connectivity index (χ3v) is 3.96. The lowest BCUT2D eigenvalue weighted by Crippen LogP contribution is -2.36. The first-order valence-electron chi connectivity index (χ1n) is 7.79. The molecule has 4 heteroatoms. The van der Waals surface area contributed by atoms with E-state index in [9.17, 15) is 4.79 Å². The number of benzene rings is 1. The Kier molecular flexibility index (Phi) is 4.37. The lowest BCUT2D eigenvalue weighted by molar-refractivity contribution is 0.0733. The number of carbonyl (C=O) groups is 1. The summed E-state index contributed by atoms with van der Waals surface area (Å²) in [6, 6.07) is 11.6. The molecule has 2 heterocycles. The highest BCUT2D eigenvalue weighted by Gasteiger charge is 2.27. The van der Waals surface area contributed by atoms with Crippen molar-refractivity contribution in [3.8, 4) is 11.3 Å². The molecule has 4 nitrogen and oxygen atoms in total. The summed E-state index contributed by atoms with van der Waals surface area (Å²) in [5, 5.41) is 3.96. The number of aromatic nitrogens is 1. The Morgan fingerprint density at radius 3 is 2.95 bits per heavy atom. The number of carbonyl (C=O) groups excluding carboxylic acids is 1. The van der Waals surface area contributed by atoms with Crippen molar-refractivity contribution in [3.05, 3.63) is 54.2 Å². The molecule has 1 unspecified atom stereocenters. The lowest BCUT2D eigenvalue weighted by atomic mass is 10.1. The Morgan fingerprint density at radius 2 is 2.18 bits per heavy atom. The minimum atomic E-state index is -0.0583. The molecule has 0 radical (unpaired) electrons. The zero-order chi connectivity index (χ0) is 15.4. The Labute approximate surface area is 130 Å². The maximum atomic E-state index is 12.6. The second kappa shape index (κ2) is 6.60. The van der Waals surface area contributed by atoms with E-state index in [4.69, 9.17) is 4.52 Å². The summed E-state index contributed by atoms with van der Waals surface area (Å²) in [4.78, 5) is 14.5. The zero-order valence-corrected chi connectivity index (χ0v) is 12.7. The summed E-state index contributed by atoms with van der Waals surface area (Å²) >= 11 is 0. The van der Waals surface area contributed by atoms with Gasteiger partial charge in [0.1, 0.15) is 0 Å². The molecular formula is C18H20N2O2. The summed E-state index contributed by atoms with van der Waals surface area (Å²) in [5.41, 5.74) is 1.31. The highest BCUT2D eigenvalue weighted by atomic mass is 16.5. The maximum absolute atomic E-state index is 12.6. The number of amides is 1. The minimum Gasteiger partial charge on any atom is -0.355 e. The van der Waals surface area contributed by atoms with Crippen molar-refractivity contribution in [1.29, 1.82) is 0 Å². The molecule has 114 valence electrons. The van der Waals surface area contributed by atoms with E-state index >= 15 is 0 Å². The lowest BCUT2D eigenvalue weighted by Gasteiger charge is -2.23. The van der Waals surface area contributed by atoms with Gasteiger partial charge in [-0.1, -0.05) is 67.4 Å². The van der Waals surface area contributed by atoms with E-state index in [1.165, 1.54) is 0 Å². The second-order valence-corrected chi connectivity index (χ2v) is 5.54. The Bertz CT molecular complexity index is 661. The number of hydrogen-bond acceptors (Lipinski definition) is 3. The smallest absolute Gasteiger partial charge is 0.276 e. The first-order chi connectivity index (χ1) is 10.8. The van der Waals surface area contributed by atoms with Crippen molar-refractivity contribution in [2.24, 2.45) is 0 Å². The van der Waals surface area contributed by atoms with Gasteiger partial charge in [-0.15, -0.1) is 0 Å².